The van der Waals surface area contributed by atoms with E-state index in [0.717, 1.165) is 12.5 Å². The van der Waals surface area contributed by atoms with E-state index >= 15 is 0 Å². The van der Waals surface area contributed by atoms with Crippen molar-refractivity contribution in [3.05, 3.63) is 78.9 Å². The van der Waals surface area contributed by atoms with E-state index in [4.69, 9.17) is 0 Å². The molecular formula is C31H42N2+2. The fourth-order valence-corrected chi connectivity index (χ4v) is 5.22. The smallest absolute Gasteiger partial charge is 0.205 e. The van der Waals surface area contributed by atoms with Crippen molar-refractivity contribution in [1.82, 2.24) is 0 Å². The molecule has 0 unspecified atom stereocenters. The SMILES string of the molecule is C1CCCC1.Cc1ccc(-[n+]2ccc(-c3cc[n+](CCCCC4CCCC4)cc3)cc2)cc1. The molecule has 0 bridgehead atoms. The lowest BCUT2D eigenvalue weighted by Crippen LogP contribution is -2.32. The van der Waals surface area contributed by atoms with Crippen LogP contribution >= 0.6 is 0 Å². The Kier molecular flexibility index (Phi) is 9.09. The standard InChI is InChI=1S/C26H32N2.C5H10/c1-22-9-11-26(12-10-22)28-20-15-25(16-21-28)24-13-18-27(19-14-24)17-5-4-8-23-6-2-3-7-23;1-2-4-5-3-1/h9-16,18-21,23H,2-8,17H2,1H3;1-5H2/q+2;. The molecule has 0 N–H and O–H groups in total. The monoisotopic (exact) mass is 442 g/mol. The van der Waals surface area contributed by atoms with E-state index in [9.17, 15) is 0 Å². The van der Waals surface area contributed by atoms with Crippen molar-refractivity contribution in [3.63, 3.8) is 0 Å². The van der Waals surface area contributed by atoms with Gasteiger partial charge in [0.15, 0.2) is 24.8 Å². The molecule has 2 saturated carbocycles. The average Bonchev–Trinajstić information content (AvgIpc) is 3.60. The van der Waals surface area contributed by atoms with E-state index in [1.54, 1.807) is 0 Å². The highest BCUT2D eigenvalue weighted by Gasteiger charge is 2.14. The molecule has 2 heterocycles. The lowest BCUT2D eigenvalue weighted by molar-refractivity contribution is -0.697. The van der Waals surface area contributed by atoms with Gasteiger partial charge in [0.25, 0.3) is 0 Å². The molecule has 2 fully saturated rings. The van der Waals surface area contributed by atoms with Crippen LogP contribution in [0, 0.1) is 12.8 Å². The normalized spacial score (nSPS) is 15.9. The van der Waals surface area contributed by atoms with E-state index in [-0.39, 0.29) is 0 Å². The Hall–Kier alpha value is -2.48. The van der Waals surface area contributed by atoms with Crippen molar-refractivity contribution in [2.24, 2.45) is 5.92 Å². The van der Waals surface area contributed by atoms with Crippen molar-refractivity contribution >= 4 is 0 Å². The van der Waals surface area contributed by atoms with Crippen molar-refractivity contribution in [3.8, 4) is 16.8 Å². The molecule has 5 rings (SSSR count). The molecule has 2 aromatic heterocycles. The van der Waals surface area contributed by atoms with Gasteiger partial charge in [-0.3, -0.25) is 0 Å². The highest BCUT2D eigenvalue weighted by molar-refractivity contribution is 5.61. The largest absolute Gasteiger partial charge is 0.210 e. The van der Waals surface area contributed by atoms with Gasteiger partial charge in [0.2, 0.25) is 5.69 Å². The molecule has 2 heteroatoms. The number of benzene rings is 1. The van der Waals surface area contributed by atoms with Crippen LogP contribution in [0.1, 0.15) is 82.6 Å². The van der Waals surface area contributed by atoms with Gasteiger partial charge < -0.3 is 0 Å². The van der Waals surface area contributed by atoms with Gasteiger partial charge in [-0.15, -0.1) is 0 Å². The minimum Gasteiger partial charge on any atom is -0.205 e. The summed E-state index contributed by atoms with van der Waals surface area (Å²) < 4.78 is 4.49. The van der Waals surface area contributed by atoms with Crippen molar-refractivity contribution in [2.45, 2.75) is 90.5 Å². The van der Waals surface area contributed by atoms with Crippen LogP contribution in [0.5, 0.6) is 0 Å². The maximum atomic E-state index is 2.33. The van der Waals surface area contributed by atoms with Crippen molar-refractivity contribution in [2.75, 3.05) is 0 Å². The number of hydrogen-bond donors (Lipinski definition) is 0. The predicted octanol–water partition coefficient (Wildman–Crippen LogP) is 7.54. The zero-order valence-electron chi connectivity index (χ0n) is 20.6. The first kappa shape index (κ1) is 23.7. The summed E-state index contributed by atoms with van der Waals surface area (Å²) in [4.78, 5) is 0. The molecule has 174 valence electrons. The first-order chi connectivity index (χ1) is 16.3. The lowest BCUT2D eigenvalue weighted by Gasteiger charge is -2.07. The van der Waals surface area contributed by atoms with E-state index in [1.807, 2.05) is 0 Å². The second kappa shape index (κ2) is 12.7. The molecule has 2 nitrogen and oxygen atoms in total. The Morgan fingerprint density at radius 2 is 1.18 bits per heavy atom. The second-order valence-electron chi connectivity index (χ2n) is 10.1. The molecule has 1 aromatic carbocycles. The fourth-order valence-electron chi connectivity index (χ4n) is 5.22. The number of aromatic nitrogens is 2. The van der Waals surface area contributed by atoms with E-state index in [2.05, 4.69) is 89.4 Å². The van der Waals surface area contributed by atoms with Gasteiger partial charge in [0.05, 0.1) is 0 Å². The molecule has 0 atom stereocenters. The number of rotatable bonds is 7. The number of pyridine rings is 2. The summed E-state index contributed by atoms with van der Waals surface area (Å²) in [6.07, 6.45) is 26.2. The zero-order valence-corrected chi connectivity index (χ0v) is 20.6. The van der Waals surface area contributed by atoms with Crippen LogP contribution in [-0.4, -0.2) is 0 Å². The summed E-state index contributed by atoms with van der Waals surface area (Å²) in [5.74, 6) is 1.02. The molecule has 0 spiro atoms. The molecule has 2 aliphatic rings. The molecule has 33 heavy (non-hydrogen) atoms. The first-order valence-electron chi connectivity index (χ1n) is 13.4. The Bertz CT molecular complexity index is 924. The summed E-state index contributed by atoms with van der Waals surface area (Å²) >= 11 is 0. The van der Waals surface area contributed by atoms with Gasteiger partial charge in [-0.05, 0) is 30.4 Å². The summed E-state index contributed by atoms with van der Waals surface area (Å²) in [5.41, 5.74) is 5.02. The van der Waals surface area contributed by atoms with Crippen molar-refractivity contribution < 1.29 is 9.13 Å². The summed E-state index contributed by atoms with van der Waals surface area (Å²) in [6, 6.07) is 17.5. The summed E-state index contributed by atoms with van der Waals surface area (Å²) in [6.45, 7) is 3.25. The van der Waals surface area contributed by atoms with E-state index in [1.165, 1.54) is 99.4 Å². The topological polar surface area (TPSA) is 7.76 Å². The molecule has 2 aliphatic carbocycles. The predicted molar refractivity (Wildman–Crippen MR) is 137 cm³/mol. The maximum Gasteiger partial charge on any atom is 0.210 e. The van der Waals surface area contributed by atoms with Crippen LogP contribution in [0.3, 0.4) is 0 Å². The van der Waals surface area contributed by atoms with Gasteiger partial charge in [0.1, 0.15) is 6.54 Å². The number of aryl methyl sites for hydroxylation is 2. The van der Waals surface area contributed by atoms with Crippen LogP contribution < -0.4 is 9.13 Å². The van der Waals surface area contributed by atoms with E-state index in [0.29, 0.717) is 0 Å². The van der Waals surface area contributed by atoms with Gasteiger partial charge in [0, 0.05) is 42.8 Å². The molecule has 3 aromatic rings. The molecule has 0 aliphatic heterocycles. The average molecular weight is 443 g/mol. The van der Waals surface area contributed by atoms with Crippen LogP contribution in [0.15, 0.2) is 73.3 Å². The van der Waals surface area contributed by atoms with Crippen LogP contribution in [0.4, 0.5) is 0 Å². The van der Waals surface area contributed by atoms with Crippen LogP contribution in [0.2, 0.25) is 0 Å². The van der Waals surface area contributed by atoms with Gasteiger partial charge in [-0.25, -0.2) is 4.57 Å². The molecule has 0 saturated heterocycles. The quantitative estimate of drug-likeness (QED) is 0.264. The van der Waals surface area contributed by atoms with Crippen LogP contribution in [-0.2, 0) is 6.54 Å². The number of hydrogen-bond acceptors (Lipinski definition) is 0. The molecule has 0 radical (unpaired) electrons. The molecular weight excluding hydrogens is 400 g/mol. The minimum absolute atomic E-state index is 1.02. The van der Waals surface area contributed by atoms with Gasteiger partial charge in [-0.2, -0.15) is 4.57 Å². The van der Waals surface area contributed by atoms with Gasteiger partial charge in [-0.1, -0.05) is 81.9 Å². The third-order valence-corrected chi connectivity index (χ3v) is 7.39. The molecule has 0 amide bonds. The van der Waals surface area contributed by atoms with Crippen LogP contribution in [0.25, 0.3) is 16.8 Å². The van der Waals surface area contributed by atoms with Gasteiger partial charge >= 0.3 is 0 Å². The highest BCUT2D eigenvalue weighted by Crippen LogP contribution is 2.28. The third-order valence-electron chi connectivity index (χ3n) is 7.39. The van der Waals surface area contributed by atoms with Crippen molar-refractivity contribution in [1.29, 1.82) is 0 Å². The summed E-state index contributed by atoms with van der Waals surface area (Å²) in [5, 5.41) is 0. The highest BCUT2D eigenvalue weighted by atomic mass is 14.9. The fraction of sp³-hybridized carbons (Fsp3) is 0.484. The summed E-state index contributed by atoms with van der Waals surface area (Å²) in [7, 11) is 0. The lowest BCUT2D eigenvalue weighted by atomic mass is 10.0. The third kappa shape index (κ3) is 7.52. The first-order valence-corrected chi connectivity index (χ1v) is 13.4. The Morgan fingerprint density at radius 1 is 0.636 bits per heavy atom. The van der Waals surface area contributed by atoms with E-state index < -0.39 is 0 Å². The maximum absolute atomic E-state index is 2.33. The number of nitrogens with zero attached hydrogens (tertiary/aromatic N) is 2. The minimum atomic E-state index is 1.02. The Labute approximate surface area is 201 Å². The zero-order chi connectivity index (χ0) is 22.7. The second-order valence-corrected chi connectivity index (χ2v) is 10.1. The number of unbranched alkanes of at least 4 members (excludes halogenated alkanes) is 1. The Morgan fingerprint density at radius 3 is 1.76 bits per heavy atom. The Balaban J connectivity index is 0.000000459.